The van der Waals surface area contributed by atoms with Gasteiger partial charge < -0.3 is 21.1 Å². The molecule has 0 fully saturated rings. The van der Waals surface area contributed by atoms with Gasteiger partial charge in [0.1, 0.15) is 0 Å². The van der Waals surface area contributed by atoms with Crippen LogP contribution in [-0.2, 0) is 4.74 Å². The Morgan fingerprint density at radius 1 is 1.26 bits per heavy atom. The number of nitrogens with two attached hydrogens (primary N) is 2. The molecule has 1 aromatic carbocycles. The van der Waals surface area contributed by atoms with Crippen LogP contribution in [0.15, 0.2) is 18.2 Å². The molecule has 106 valence electrons. The molecule has 0 saturated carbocycles. The van der Waals surface area contributed by atoms with E-state index in [1.807, 2.05) is 0 Å². The van der Waals surface area contributed by atoms with E-state index in [0.717, 1.165) is 26.1 Å². The summed E-state index contributed by atoms with van der Waals surface area (Å²) in [6, 6.07) is 4.98. The van der Waals surface area contributed by atoms with Crippen LogP contribution in [0.25, 0.3) is 0 Å². The Morgan fingerprint density at radius 2 is 1.95 bits per heavy atom. The highest BCUT2D eigenvalue weighted by Crippen LogP contribution is 2.20. The van der Waals surface area contributed by atoms with Gasteiger partial charge in [-0.25, -0.2) is 4.79 Å². The first kappa shape index (κ1) is 15.3. The van der Waals surface area contributed by atoms with Crippen LogP contribution in [0.5, 0.6) is 0 Å². The SMILES string of the molecule is CCN(CC)CCCOC(=O)c1cccc(N)c1N. The summed E-state index contributed by atoms with van der Waals surface area (Å²) in [4.78, 5) is 14.1. The number of ether oxygens (including phenoxy) is 1. The second-order valence-electron chi connectivity index (χ2n) is 4.32. The van der Waals surface area contributed by atoms with E-state index >= 15 is 0 Å². The van der Waals surface area contributed by atoms with Gasteiger partial charge >= 0.3 is 5.97 Å². The van der Waals surface area contributed by atoms with Crippen LogP contribution in [0, 0.1) is 0 Å². The van der Waals surface area contributed by atoms with E-state index in [9.17, 15) is 4.79 Å². The molecule has 0 aliphatic heterocycles. The van der Waals surface area contributed by atoms with Gasteiger partial charge in [-0.1, -0.05) is 19.9 Å². The highest BCUT2D eigenvalue weighted by Gasteiger charge is 2.12. The number of anilines is 2. The first-order valence-electron chi connectivity index (χ1n) is 6.63. The quantitative estimate of drug-likeness (QED) is 0.446. The van der Waals surface area contributed by atoms with E-state index < -0.39 is 5.97 Å². The topological polar surface area (TPSA) is 81.6 Å². The van der Waals surface area contributed by atoms with Crippen LogP contribution < -0.4 is 11.5 Å². The highest BCUT2D eigenvalue weighted by molar-refractivity contribution is 5.97. The number of carbonyl (C=O) groups is 1. The Balaban J connectivity index is 2.41. The molecular formula is C14H23N3O2. The van der Waals surface area contributed by atoms with E-state index in [-0.39, 0.29) is 5.69 Å². The molecule has 1 aromatic rings. The third-order valence-electron chi connectivity index (χ3n) is 3.11. The number of nitrogen functional groups attached to an aromatic ring is 2. The largest absolute Gasteiger partial charge is 0.462 e. The summed E-state index contributed by atoms with van der Waals surface area (Å²) in [6.07, 6.45) is 0.815. The van der Waals surface area contributed by atoms with Crippen LogP contribution in [0.1, 0.15) is 30.6 Å². The molecule has 0 bridgehead atoms. The second-order valence-corrected chi connectivity index (χ2v) is 4.32. The zero-order valence-corrected chi connectivity index (χ0v) is 11.7. The third-order valence-corrected chi connectivity index (χ3v) is 3.11. The lowest BCUT2D eigenvalue weighted by Crippen LogP contribution is -2.25. The molecule has 0 aromatic heterocycles. The minimum Gasteiger partial charge on any atom is -0.462 e. The van der Waals surface area contributed by atoms with Crippen LogP contribution in [0.3, 0.4) is 0 Å². The predicted octanol–water partition coefficient (Wildman–Crippen LogP) is 1.74. The maximum absolute atomic E-state index is 11.8. The number of esters is 1. The number of nitrogens with zero attached hydrogens (tertiary/aromatic N) is 1. The molecule has 19 heavy (non-hydrogen) atoms. The van der Waals surface area contributed by atoms with Crippen molar-refractivity contribution in [2.75, 3.05) is 37.7 Å². The van der Waals surface area contributed by atoms with Crippen molar-refractivity contribution in [2.24, 2.45) is 0 Å². The molecule has 0 saturated heterocycles. The Bertz CT molecular complexity index is 417. The third kappa shape index (κ3) is 4.44. The van der Waals surface area contributed by atoms with Crippen molar-refractivity contribution in [3.05, 3.63) is 23.8 Å². The molecule has 5 heteroatoms. The lowest BCUT2D eigenvalue weighted by atomic mass is 10.1. The average molecular weight is 265 g/mol. The summed E-state index contributed by atoms with van der Waals surface area (Å²) in [5.74, 6) is -0.413. The molecule has 1 rings (SSSR count). The fraction of sp³-hybridized carbons (Fsp3) is 0.500. The Morgan fingerprint density at radius 3 is 2.58 bits per heavy atom. The van der Waals surface area contributed by atoms with Crippen LogP contribution >= 0.6 is 0 Å². The van der Waals surface area contributed by atoms with Crippen molar-refractivity contribution >= 4 is 17.3 Å². The number of benzene rings is 1. The summed E-state index contributed by atoms with van der Waals surface area (Å²) in [5.41, 5.74) is 12.4. The molecule has 0 aliphatic rings. The molecule has 0 radical (unpaired) electrons. The summed E-state index contributed by atoms with van der Waals surface area (Å²) in [7, 11) is 0. The van der Waals surface area contributed by atoms with E-state index in [0.29, 0.717) is 17.9 Å². The summed E-state index contributed by atoms with van der Waals surface area (Å²) < 4.78 is 5.20. The van der Waals surface area contributed by atoms with Gasteiger partial charge in [-0.2, -0.15) is 0 Å². The molecule has 0 aliphatic carbocycles. The van der Waals surface area contributed by atoms with Gasteiger partial charge in [-0.15, -0.1) is 0 Å². The van der Waals surface area contributed by atoms with Crippen LogP contribution in [0.4, 0.5) is 11.4 Å². The summed E-state index contributed by atoms with van der Waals surface area (Å²) >= 11 is 0. The normalized spacial score (nSPS) is 10.7. The van der Waals surface area contributed by atoms with E-state index in [4.69, 9.17) is 16.2 Å². The van der Waals surface area contributed by atoms with Gasteiger partial charge in [0.25, 0.3) is 0 Å². The number of para-hydroxylation sites is 1. The zero-order chi connectivity index (χ0) is 14.3. The minimum atomic E-state index is -0.413. The fourth-order valence-corrected chi connectivity index (χ4v) is 1.83. The summed E-state index contributed by atoms with van der Waals surface area (Å²) in [5, 5.41) is 0. The maximum Gasteiger partial charge on any atom is 0.340 e. The van der Waals surface area contributed by atoms with Gasteiger partial charge in [-0.05, 0) is 31.6 Å². The van der Waals surface area contributed by atoms with Crippen molar-refractivity contribution in [1.82, 2.24) is 4.90 Å². The van der Waals surface area contributed by atoms with Crippen molar-refractivity contribution < 1.29 is 9.53 Å². The van der Waals surface area contributed by atoms with E-state index in [2.05, 4.69) is 18.7 Å². The number of hydrogen-bond donors (Lipinski definition) is 2. The zero-order valence-electron chi connectivity index (χ0n) is 11.7. The van der Waals surface area contributed by atoms with Gasteiger partial charge in [0, 0.05) is 6.54 Å². The molecular weight excluding hydrogens is 242 g/mol. The van der Waals surface area contributed by atoms with E-state index in [1.165, 1.54) is 0 Å². The average Bonchev–Trinajstić information content (AvgIpc) is 2.42. The second kappa shape index (κ2) is 7.63. The molecule has 0 unspecified atom stereocenters. The van der Waals surface area contributed by atoms with Gasteiger partial charge in [0.2, 0.25) is 0 Å². The molecule has 5 nitrogen and oxygen atoms in total. The summed E-state index contributed by atoms with van der Waals surface area (Å²) in [6.45, 7) is 7.56. The van der Waals surface area contributed by atoms with Crippen LogP contribution in [0.2, 0.25) is 0 Å². The standard InChI is InChI=1S/C14H23N3O2/c1-3-17(4-2)9-6-10-19-14(18)11-7-5-8-12(15)13(11)16/h5,7-8H,3-4,6,9-10,15-16H2,1-2H3. The molecule has 0 spiro atoms. The van der Waals surface area contributed by atoms with Gasteiger partial charge in [0.15, 0.2) is 0 Å². The molecule has 0 atom stereocenters. The Labute approximate surface area is 114 Å². The van der Waals surface area contributed by atoms with Gasteiger partial charge in [0.05, 0.1) is 23.5 Å². The number of rotatable bonds is 7. The lowest BCUT2D eigenvalue weighted by molar-refractivity contribution is 0.0491. The predicted molar refractivity (Wildman–Crippen MR) is 78.0 cm³/mol. The molecule has 4 N–H and O–H groups in total. The number of carbonyl (C=O) groups excluding carboxylic acids is 1. The molecule has 0 amide bonds. The maximum atomic E-state index is 11.8. The smallest absolute Gasteiger partial charge is 0.340 e. The van der Waals surface area contributed by atoms with E-state index in [1.54, 1.807) is 18.2 Å². The van der Waals surface area contributed by atoms with Crippen molar-refractivity contribution in [3.8, 4) is 0 Å². The van der Waals surface area contributed by atoms with Gasteiger partial charge in [-0.3, -0.25) is 0 Å². The molecule has 0 heterocycles. The first-order chi connectivity index (χ1) is 9.10. The minimum absolute atomic E-state index is 0.288. The first-order valence-corrected chi connectivity index (χ1v) is 6.63. The van der Waals surface area contributed by atoms with Crippen LogP contribution in [-0.4, -0.2) is 37.1 Å². The Kier molecular flexibility index (Phi) is 6.15. The highest BCUT2D eigenvalue weighted by atomic mass is 16.5. The fourth-order valence-electron chi connectivity index (χ4n) is 1.83. The van der Waals surface area contributed by atoms with Crippen molar-refractivity contribution in [1.29, 1.82) is 0 Å². The van der Waals surface area contributed by atoms with Crippen molar-refractivity contribution in [3.63, 3.8) is 0 Å². The number of hydrogen-bond acceptors (Lipinski definition) is 5. The monoisotopic (exact) mass is 265 g/mol. The van der Waals surface area contributed by atoms with Crippen molar-refractivity contribution in [2.45, 2.75) is 20.3 Å². The Hall–Kier alpha value is -1.75. The lowest BCUT2D eigenvalue weighted by Gasteiger charge is -2.17.